The lowest BCUT2D eigenvalue weighted by Gasteiger charge is -2.26. The molecule has 24 aromatic carbocycles. The van der Waals surface area contributed by atoms with Crippen LogP contribution in [0.3, 0.4) is 0 Å². The molecule has 148 heavy (non-hydrogen) atoms. The Morgan fingerprint density at radius 2 is 0.372 bits per heavy atom. The molecule has 0 radical (unpaired) electrons. The minimum atomic E-state index is 0.886. The molecule has 0 aliphatic carbocycles. The van der Waals surface area contributed by atoms with E-state index >= 15 is 0 Å². The second kappa shape index (κ2) is 37.7. The molecule has 694 valence electrons. The highest BCUT2D eigenvalue weighted by Crippen LogP contribution is 2.48. The zero-order valence-corrected chi connectivity index (χ0v) is 80.9. The van der Waals surface area contributed by atoms with Crippen LogP contribution in [0.2, 0.25) is 0 Å². The van der Waals surface area contributed by atoms with Crippen molar-refractivity contribution in [1.82, 2.24) is 9.13 Å². The number of hydrogen-bond donors (Lipinski definition) is 0. The predicted molar refractivity (Wildman–Crippen MR) is 623 cm³/mol. The summed E-state index contributed by atoms with van der Waals surface area (Å²) < 4.78 is 17.5. The zero-order valence-electron chi connectivity index (χ0n) is 80.9. The minimum Gasteiger partial charge on any atom is -0.456 e. The van der Waals surface area contributed by atoms with Crippen molar-refractivity contribution in [2.75, 3.05) is 9.80 Å². The number of aromatic nitrogens is 2. The fraction of sp³-hybridized carbons (Fsp3) is 0. The van der Waals surface area contributed by atoms with Crippen LogP contribution in [0.5, 0.6) is 0 Å². The Hall–Kier alpha value is -19.7. The maximum atomic E-state index is 6.32. The Bertz CT molecular complexity index is 9890. The first-order valence-corrected chi connectivity index (χ1v) is 50.6. The number of nitrogens with zero attached hydrogens (tertiary/aromatic N) is 4. The van der Waals surface area contributed by atoms with Gasteiger partial charge in [-0.3, -0.25) is 0 Å². The zero-order chi connectivity index (χ0) is 97.9. The highest BCUT2D eigenvalue weighted by molar-refractivity contribution is 6.13. The molecule has 4 aromatic heterocycles. The van der Waals surface area contributed by atoms with Crippen LogP contribution in [-0.2, 0) is 0 Å². The highest BCUT2D eigenvalue weighted by atomic mass is 16.3. The number of hydrogen-bond acceptors (Lipinski definition) is 4. The third kappa shape index (κ3) is 16.5. The van der Waals surface area contributed by atoms with Gasteiger partial charge in [-0.25, -0.2) is 0 Å². The van der Waals surface area contributed by atoms with Crippen LogP contribution in [-0.4, -0.2) is 9.13 Å². The van der Waals surface area contributed by atoms with E-state index in [0.717, 1.165) is 184 Å². The van der Waals surface area contributed by atoms with Gasteiger partial charge in [0.25, 0.3) is 0 Å². The molecule has 0 amide bonds. The van der Waals surface area contributed by atoms with Crippen LogP contribution in [0.25, 0.3) is 232 Å². The van der Waals surface area contributed by atoms with Gasteiger partial charge in [0, 0.05) is 88.6 Å². The molecule has 28 rings (SSSR count). The van der Waals surface area contributed by atoms with Gasteiger partial charge in [0.2, 0.25) is 0 Å². The molecule has 28 aromatic rings. The van der Waals surface area contributed by atoms with Gasteiger partial charge < -0.3 is 27.8 Å². The number of furan rings is 2. The second-order valence-corrected chi connectivity index (χ2v) is 38.3. The van der Waals surface area contributed by atoms with E-state index in [1.54, 1.807) is 0 Å². The molecule has 0 N–H and O–H groups in total. The summed E-state index contributed by atoms with van der Waals surface area (Å²) in [7, 11) is 0. The van der Waals surface area contributed by atoms with E-state index in [1.807, 2.05) is 24.3 Å². The van der Waals surface area contributed by atoms with Crippen molar-refractivity contribution in [1.29, 1.82) is 0 Å². The van der Waals surface area contributed by atoms with Gasteiger partial charge in [0.1, 0.15) is 22.3 Å². The lowest BCUT2D eigenvalue weighted by atomic mass is 9.91. The topological polar surface area (TPSA) is 42.6 Å². The van der Waals surface area contributed by atoms with Crippen molar-refractivity contribution < 1.29 is 8.83 Å². The standard InChI is InChI=1S/C72H48N2O.C70H46N2O/c1-4-16-49(17-5-1)51-30-36-62(37-31-51)73(61-23-8-3-9-24-61)64-25-15-22-55(46-64)53-20-14-21-54(42-53)58-43-59(56-35-41-72-68(47-56)67-27-11-13-29-71(67)75-72)45-60(44-58)57-34-40-66-65-26-10-12-28-69(65)74(70(66)48-57)63-38-32-52(33-39-63)50-18-6-2-7-19-50;1-3-15-47(16-4-1)49-29-34-60(35-30-49)72-67-27-11-9-25-63(67)64-37-32-55(46-68(64)72)58-41-56(40-57(42-58)54-33-38-70-66(45-54)65-26-10-12-28-69(65)73-70)51-20-13-19-50(39-51)53-21-14-24-61(44-53)71(59-22-5-2-6-23-59)62-36-31-48-17-7-8-18-52(48)43-62/h1-48H;1-46H. The molecule has 0 aliphatic rings. The number of rotatable bonds is 19. The van der Waals surface area contributed by atoms with E-state index in [1.165, 1.54) is 82.2 Å². The molecule has 0 fully saturated rings. The predicted octanol–water partition coefficient (Wildman–Crippen LogP) is 39.8. The van der Waals surface area contributed by atoms with Crippen LogP contribution in [0.15, 0.2) is 579 Å². The Balaban J connectivity index is 0.000000146. The fourth-order valence-corrected chi connectivity index (χ4v) is 22.0. The molecule has 0 saturated heterocycles. The molecule has 0 saturated carbocycles. The first-order chi connectivity index (χ1) is 73.3. The molecule has 6 nitrogen and oxygen atoms in total. The van der Waals surface area contributed by atoms with Gasteiger partial charge in [-0.2, -0.15) is 0 Å². The lowest BCUT2D eigenvalue weighted by Crippen LogP contribution is -2.09. The molecular formula is C142H94N4O2. The molecular weight excluding hydrogens is 1790 g/mol. The molecule has 0 bridgehead atoms. The van der Waals surface area contributed by atoms with Gasteiger partial charge in [0.05, 0.1) is 22.1 Å². The average molecular weight is 1890 g/mol. The van der Waals surface area contributed by atoms with Crippen molar-refractivity contribution in [2.24, 2.45) is 0 Å². The molecule has 4 heterocycles. The van der Waals surface area contributed by atoms with Gasteiger partial charge in [-0.1, -0.05) is 364 Å². The largest absolute Gasteiger partial charge is 0.456 e. The SMILES string of the molecule is c1ccc(-c2ccc(-n3c4ccccc4c4ccc(-c5cc(-c6cccc(-c7cccc(N(c8ccccc8)c8ccc9ccccc9c8)c7)c6)cc(-c6ccc7oc8ccccc8c7c6)c5)cc43)cc2)cc1.c1ccc(-c2ccc(N(c3ccccc3)c3cccc(-c4cccc(-c5cc(-c6ccc7oc8ccccc8c7c6)cc(-c6ccc7c8ccccc8n(-c8ccc(-c9ccccc9)cc8)c7c6)c5)c4)c3)cc2)cc1. The van der Waals surface area contributed by atoms with Gasteiger partial charge in [0.15, 0.2) is 0 Å². The number of fused-ring (bicyclic) bond motifs is 13. The Morgan fingerprint density at radius 1 is 0.122 bits per heavy atom. The van der Waals surface area contributed by atoms with Crippen molar-refractivity contribution in [3.05, 3.63) is 570 Å². The van der Waals surface area contributed by atoms with Crippen molar-refractivity contribution >= 4 is 132 Å². The van der Waals surface area contributed by atoms with E-state index in [2.05, 4.69) is 565 Å². The molecule has 0 atom stereocenters. The molecule has 0 unspecified atom stereocenters. The Labute approximate surface area is 858 Å². The first-order valence-electron chi connectivity index (χ1n) is 50.6. The Morgan fingerprint density at radius 3 is 0.791 bits per heavy atom. The monoisotopic (exact) mass is 1890 g/mol. The first kappa shape index (κ1) is 87.4. The lowest BCUT2D eigenvalue weighted by molar-refractivity contribution is 0.668. The molecule has 0 aliphatic heterocycles. The third-order valence-electron chi connectivity index (χ3n) is 29.3. The molecule has 6 heteroatoms. The van der Waals surface area contributed by atoms with E-state index in [-0.39, 0.29) is 0 Å². The maximum Gasteiger partial charge on any atom is 0.135 e. The highest BCUT2D eigenvalue weighted by Gasteiger charge is 2.24. The summed E-state index contributed by atoms with van der Waals surface area (Å²) in [4.78, 5) is 4.69. The van der Waals surface area contributed by atoms with E-state index < -0.39 is 0 Å². The summed E-state index contributed by atoms with van der Waals surface area (Å²) in [6.45, 7) is 0. The van der Waals surface area contributed by atoms with E-state index in [9.17, 15) is 0 Å². The van der Waals surface area contributed by atoms with Crippen LogP contribution in [0, 0.1) is 0 Å². The van der Waals surface area contributed by atoms with Crippen LogP contribution < -0.4 is 9.80 Å². The third-order valence-corrected chi connectivity index (χ3v) is 29.3. The molecule has 0 spiro atoms. The summed E-state index contributed by atoms with van der Waals surface area (Å²) in [5.74, 6) is 0. The number of anilines is 6. The summed E-state index contributed by atoms with van der Waals surface area (Å²) >= 11 is 0. The van der Waals surface area contributed by atoms with Crippen LogP contribution >= 0.6 is 0 Å². The van der Waals surface area contributed by atoms with Crippen molar-refractivity contribution in [2.45, 2.75) is 0 Å². The van der Waals surface area contributed by atoms with Gasteiger partial charge in [-0.15, -0.1) is 0 Å². The maximum absolute atomic E-state index is 6.32. The summed E-state index contributed by atoms with van der Waals surface area (Å²) in [5.41, 5.74) is 42.6. The smallest absolute Gasteiger partial charge is 0.135 e. The number of benzene rings is 24. The second-order valence-electron chi connectivity index (χ2n) is 38.3. The number of para-hydroxylation sites is 6. The van der Waals surface area contributed by atoms with Crippen molar-refractivity contribution in [3.8, 4) is 134 Å². The van der Waals surface area contributed by atoms with E-state index in [0.29, 0.717) is 0 Å². The summed E-state index contributed by atoms with van der Waals surface area (Å²) in [6.07, 6.45) is 0. The Kier molecular flexibility index (Phi) is 22.2. The van der Waals surface area contributed by atoms with Crippen molar-refractivity contribution in [3.63, 3.8) is 0 Å². The summed E-state index contributed by atoms with van der Waals surface area (Å²) in [5, 5.41) is 11.8. The fourth-order valence-electron chi connectivity index (χ4n) is 22.0. The van der Waals surface area contributed by atoms with Gasteiger partial charge >= 0.3 is 0 Å². The van der Waals surface area contributed by atoms with Crippen LogP contribution in [0.4, 0.5) is 34.1 Å². The van der Waals surface area contributed by atoms with Crippen LogP contribution in [0.1, 0.15) is 0 Å². The minimum absolute atomic E-state index is 0.886. The average Bonchev–Trinajstić information content (AvgIpc) is 1.59. The normalized spacial score (nSPS) is 11.5. The van der Waals surface area contributed by atoms with E-state index in [4.69, 9.17) is 8.83 Å². The van der Waals surface area contributed by atoms with Gasteiger partial charge in [-0.05, 0) is 339 Å². The quantitative estimate of drug-likeness (QED) is 0.0809. The summed E-state index contributed by atoms with van der Waals surface area (Å²) in [6, 6.07) is 206.